The van der Waals surface area contributed by atoms with Crippen molar-refractivity contribution in [3.8, 4) is 11.3 Å². The van der Waals surface area contributed by atoms with Gasteiger partial charge in [0, 0.05) is 15.7 Å². The molecule has 0 aliphatic rings. The lowest BCUT2D eigenvalue weighted by atomic mass is 10.2. The molecule has 0 aliphatic carbocycles. The van der Waals surface area contributed by atoms with Crippen LogP contribution in [-0.2, 0) is 6.54 Å². The largest absolute Gasteiger partial charge is 0.459 e. The van der Waals surface area contributed by atoms with Gasteiger partial charge in [0.1, 0.15) is 11.5 Å². The van der Waals surface area contributed by atoms with E-state index in [9.17, 15) is 4.79 Å². The van der Waals surface area contributed by atoms with Crippen molar-refractivity contribution in [2.45, 2.75) is 6.54 Å². The minimum Gasteiger partial charge on any atom is -0.459 e. The van der Waals surface area contributed by atoms with Crippen LogP contribution in [-0.4, -0.2) is 9.97 Å². The molecular weight excluding hydrogens is 406 g/mol. The molecule has 0 aliphatic heterocycles. The molecule has 0 radical (unpaired) electrons. The zero-order chi connectivity index (χ0) is 16.5. The first-order valence-electron chi connectivity index (χ1n) is 7.48. The van der Waals surface area contributed by atoms with E-state index in [4.69, 9.17) is 4.42 Å². The maximum atomic E-state index is 11.3. The standard InChI is InChI=1S/C18H14BrN3O2.ClH/c19-12-3-1-11(2-4-12)17-8-6-14(24-17)10-20-13-5-7-15-16(9-13)22-18(23)21-15;/h1-9,20H,10H2,(H2,21,22,23);1H. The normalized spacial score (nSPS) is 10.6. The van der Waals surface area contributed by atoms with Gasteiger partial charge in [-0.3, -0.25) is 0 Å². The van der Waals surface area contributed by atoms with Crippen LogP contribution >= 0.6 is 28.3 Å². The van der Waals surface area contributed by atoms with Crippen molar-refractivity contribution in [3.63, 3.8) is 0 Å². The van der Waals surface area contributed by atoms with Crippen molar-refractivity contribution in [2.75, 3.05) is 5.32 Å². The first-order chi connectivity index (χ1) is 11.7. The van der Waals surface area contributed by atoms with Crippen LogP contribution in [0.3, 0.4) is 0 Å². The topological polar surface area (TPSA) is 73.8 Å². The van der Waals surface area contributed by atoms with Gasteiger partial charge in [-0.25, -0.2) is 4.79 Å². The van der Waals surface area contributed by atoms with Crippen LogP contribution in [0.4, 0.5) is 5.69 Å². The van der Waals surface area contributed by atoms with Gasteiger partial charge in [-0.1, -0.05) is 28.1 Å². The molecule has 2 heterocycles. The van der Waals surface area contributed by atoms with Crippen molar-refractivity contribution >= 4 is 45.1 Å². The number of benzene rings is 2. The lowest BCUT2D eigenvalue weighted by molar-refractivity contribution is 0.531. The lowest BCUT2D eigenvalue weighted by Gasteiger charge is -2.04. The number of aromatic nitrogens is 2. The van der Waals surface area contributed by atoms with E-state index in [0.717, 1.165) is 38.3 Å². The summed E-state index contributed by atoms with van der Waals surface area (Å²) >= 11 is 3.43. The highest BCUT2D eigenvalue weighted by atomic mass is 79.9. The molecule has 0 atom stereocenters. The van der Waals surface area contributed by atoms with E-state index in [1.165, 1.54) is 0 Å². The third kappa shape index (κ3) is 3.81. The summed E-state index contributed by atoms with van der Waals surface area (Å²) in [5, 5.41) is 3.30. The van der Waals surface area contributed by atoms with Crippen molar-refractivity contribution in [3.05, 3.63) is 75.3 Å². The molecule has 0 saturated carbocycles. The van der Waals surface area contributed by atoms with E-state index < -0.39 is 0 Å². The van der Waals surface area contributed by atoms with Crippen LogP contribution in [0.15, 0.2) is 68.3 Å². The fraction of sp³-hybridized carbons (Fsp3) is 0.0556. The van der Waals surface area contributed by atoms with Crippen LogP contribution < -0.4 is 11.0 Å². The Morgan fingerprint density at radius 2 is 1.72 bits per heavy atom. The van der Waals surface area contributed by atoms with Crippen LogP contribution in [0.1, 0.15) is 5.76 Å². The number of hydrogen-bond donors (Lipinski definition) is 3. The molecule has 0 spiro atoms. The number of furan rings is 1. The quantitative estimate of drug-likeness (QED) is 0.439. The van der Waals surface area contributed by atoms with Crippen molar-refractivity contribution in [1.29, 1.82) is 0 Å². The van der Waals surface area contributed by atoms with Gasteiger partial charge >= 0.3 is 5.69 Å². The summed E-state index contributed by atoms with van der Waals surface area (Å²) in [6, 6.07) is 17.6. The molecule has 2 aromatic carbocycles. The van der Waals surface area contributed by atoms with Crippen molar-refractivity contribution in [1.82, 2.24) is 9.97 Å². The van der Waals surface area contributed by atoms with Crippen LogP contribution in [0.5, 0.6) is 0 Å². The average molecular weight is 421 g/mol. The van der Waals surface area contributed by atoms with E-state index in [1.54, 1.807) is 0 Å². The Kier molecular flexibility index (Phi) is 5.01. The summed E-state index contributed by atoms with van der Waals surface area (Å²) in [5.74, 6) is 1.68. The smallest absolute Gasteiger partial charge is 0.323 e. The highest BCUT2D eigenvalue weighted by Gasteiger charge is 2.05. The van der Waals surface area contributed by atoms with Crippen LogP contribution in [0.25, 0.3) is 22.4 Å². The van der Waals surface area contributed by atoms with E-state index in [1.807, 2.05) is 54.6 Å². The number of H-pyrrole nitrogens is 2. The first kappa shape index (κ1) is 17.4. The number of nitrogens with one attached hydrogen (secondary N) is 3. The van der Waals surface area contributed by atoms with Gasteiger partial charge in [-0.15, -0.1) is 12.4 Å². The Morgan fingerprint density at radius 3 is 2.52 bits per heavy atom. The minimum absolute atomic E-state index is 0. The Labute approximate surface area is 158 Å². The summed E-state index contributed by atoms with van der Waals surface area (Å²) in [6.07, 6.45) is 0. The van der Waals surface area contributed by atoms with Crippen molar-refractivity contribution in [2.24, 2.45) is 0 Å². The molecule has 5 nitrogen and oxygen atoms in total. The Balaban J connectivity index is 0.00000182. The van der Waals surface area contributed by atoms with Crippen LogP contribution in [0.2, 0.25) is 0 Å². The Morgan fingerprint density at radius 1 is 0.960 bits per heavy atom. The molecule has 4 rings (SSSR count). The van der Waals surface area contributed by atoms with E-state index >= 15 is 0 Å². The average Bonchev–Trinajstić information content (AvgIpc) is 3.18. The molecule has 7 heteroatoms. The maximum Gasteiger partial charge on any atom is 0.323 e. The number of imidazole rings is 1. The van der Waals surface area contributed by atoms with E-state index in [-0.39, 0.29) is 18.1 Å². The summed E-state index contributed by atoms with van der Waals surface area (Å²) in [6.45, 7) is 0.566. The Bertz CT molecular complexity index is 1050. The highest BCUT2D eigenvalue weighted by Crippen LogP contribution is 2.24. The number of anilines is 1. The number of halogens is 2. The predicted molar refractivity (Wildman–Crippen MR) is 105 cm³/mol. The summed E-state index contributed by atoms with van der Waals surface area (Å²) in [5.41, 5.74) is 3.32. The second-order valence-electron chi connectivity index (χ2n) is 5.47. The molecular formula is C18H15BrClN3O2. The second kappa shape index (κ2) is 7.21. The monoisotopic (exact) mass is 419 g/mol. The third-order valence-electron chi connectivity index (χ3n) is 3.77. The van der Waals surface area contributed by atoms with Gasteiger partial charge in [0.15, 0.2) is 0 Å². The van der Waals surface area contributed by atoms with Crippen LogP contribution in [0, 0.1) is 0 Å². The fourth-order valence-corrected chi connectivity index (χ4v) is 2.84. The second-order valence-corrected chi connectivity index (χ2v) is 6.38. The highest BCUT2D eigenvalue weighted by molar-refractivity contribution is 9.10. The lowest BCUT2D eigenvalue weighted by Crippen LogP contribution is -1.99. The number of hydrogen-bond acceptors (Lipinski definition) is 3. The fourth-order valence-electron chi connectivity index (χ4n) is 2.57. The summed E-state index contributed by atoms with van der Waals surface area (Å²) in [7, 11) is 0. The molecule has 0 saturated heterocycles. The molecule has 2 aromatic heterocycles. The van der Waals surface area contributed by atoms with Gasteiger partial charge in [0.2, 0.25) is 0 Å². The number of fused-ring (bicyclic) bond motifs is 1. The zero-order valence-electron chi connectivity index (χ0n) is 13.0. The van der Waals surface area contributed by atoms with Gasteiger partial charge < -0.3 is 19.7 Å². The third-order valence-corrected chi connectivity index (χ3v) is 4.30. The van der Waals surface area contributed by atoms with Gasteiger partial charge in [-0.2, -0.15) is 0 Å². The molecule has 0 fully saturated rings. The summed E-state index contributed by atoms with van der Waals surface area (Å²) < 4.78 is 6.92. The number of aromatic amines is 2. The maximum absolute atomic E-state index is 11.3. The summed E-state index contributed by atoms with van der Waals surface area (Å²) in [4.78, 5) is 16.8. The first-order valence-corrected chi connectivity index (χ1v) is 8.27. The number of rotatable bonds is 4. The molecule has 128 valence electrons. The molecule has 0 amide bonds. The molecule has 0 unspecified atom stereocenters. The predicted octanol–water partition coefficient (Wildman–Crippen LogP) is 4.91. The minimum atomic E-state index is -0.202. The Hall–Kier alpha value is -2.44. The molecule has 25 heavy (non-hydrogen) atoms. The molecule has 0 bridgehead atoms. The van der Waals surface area contributed by atoms with Gasteiger partial charge in [0.05, 0.1) is 17.6 Å². The van der Waals surface area contributed by atoms with E-state index in [2.05, 4.69) is 31.2 Å². The van der Waals surface area contributed by atoms with Gasteiger partial charge in [-0.05, 0) is 42.5 Å². The molecule has 4 aromatic rings. The zero-order valence-corrected chi connectivity index (χ0v) is 15.4. The van der Waals surface area contributed by atoms with Gasteiger partial charge in [0.25, 0.3) is 0 Å². The SMILES string of the molecule is Cl.O=c1[nH]c2ccc(NCc3ccc(-c4ccc(Br)cc4)o3)cc2[nH]1. The van der Waals surface area contributed by atoms with Crippen molar-refractivity contribution < 1.29 is 4.42 Å². The van der Waals surface area contributed by atoms with E-state index in [0.29, 0.717) is 6.54 Å². The molecule has 3 N–H and O–H groups in total.